The van der Waals surface area contributed by atoms with Gasteiger partial charge in [-0.05, 0) is 41.5 Å². The highest BCUT2D eigenvalue weighted by molar-refractivity contribution is 5.91. The van der Waals surface area contributed by atoms with Crippen molar-refractivity contribution in [2.45, 2.75) is 6.04 Å². The Balaban J connectivity index is 1.53. The first-order valence-electron chi connectivity index (χ1n) is 9.73. The minimum atomic E-state index is -0.599. The number of aromatic nitrogens is 1. The van der Waals surface area contributed by atoms with Gasteiger partial charge >= 0.3 is 5.97 Å². The molecule has 1 N–H and O–H groups in total. The summed E-state index contributed by atoms with van der Waals surface area (Å²) in [6.45, 7) is -0.400. The van der Waals surface area contributed by atoms with Gasteiger partial charge in [0.05, 0.1) is 24.4 Å². The average molecular weight is 415 g/mol. The smallest absolute Gasteiger partial charge is 0.340 e. The van der Waals surface area contributed by atoms with Crippen LogP contribution in [0.3, 0.4) is 0 Å². The average Bonchev–Trinajstić information content (AvgIpc) is 3.29. The topological polar surface area (TPSA) is 80.8 Å². The number of esters is 1. The van der Waals surface area contributed by atoms with Crippen molar-refractivity contribution >= 4 is 17.6 Å². The monoisotopic (exact) mass is 415 g/mol. The molecule has 0 aliphatic carbocycles. The second kappa shape index (κ2) is 9.13. The highest BCUT2D eigenvalue weighted by atomic mass is 16.5. The molecule has 1 aliphatic rings. The van der Waals surface area contributed by atoms with Gasteiger partial charge in [-0.1, -0.05) is 42.5 Å². The highest BCUT2D eigenvalue weighted by Crippen LogP contribution is 2.32. The van der Waals surface area contributed by atoms with Crippen LogP contribution in [0.1, 0.15) is 27.5 Å². The molecule has 0 saturated carbocycles. The molecule has 0 radical (unpaired) electrons. The SMILES string of the molecule is COc1ccc([C@@H]2C=C(c3ccccc3)NN2C(=O)COC(=O)c2cccnc2)cc1. The van der Waals surface area contributed by atoms with Crippen LogP contribution in [0.25, 0.3) is 5.70 Å². The molecule has 2 aromatic carbocycles. The quantitative estimate of drug-likeness (QED) is 0.622. The van der Waals surface area contributed by atoms with Crippen molar-refractivity contribution in [3.63, 3.8) is 0 Å². The van der Waals surface area contributed by atoms with E-state index < -0.39 is 12.6 Å². The number of ether oxygens (including phenoxy) is 2. The van der Waals surface area contributed by atoms with Gasteiger partial charge in [0.25, 0.3) is 5.91 Å². The van der Waals surface area contributed by atoms with E-state index in [9.17, 15) is 9.59 Å². The number of rotatable bonds is 6. The fraction of sp³-hybridized carbons (Fsp3) is 0.125. The molecule has 2 heterocycles. The summed E-state index contributed by atoms with van der Waals surface area (Å²) in [6, 6.07) is 20.0. The molecule has 0 bridgehead atoms. The van der Waals surface area contributed by atoms with Gasteiger partial charge < -0.3 is 9.47 Å². The third-order valence-electron chi connectivity index (χ3n) is 4.88. The number of amides is 1. The number of benzene rings is 2. The van der Waals surface area contributed by atoms with Gasteiger partial charge in [-0.3, -0.25) is 15.2 Å². The van der Waals surface area contributed by atoms with E-state index in [0.29, 0.717) is 5.56 Å². The molecular formula is C24H21N3O4. The van der Waals surface area contributed by atoms with E-state index in [1.165, 1.54) is 11.2 Å². The lowest BCUT2D eigenvalue weighted by molar-refractivity contribution is -0.137. The van der Waals surface area contributed by atoms with Gasteiger partial charge in [-0.15, -0.1) is 0 Å². The van der Waals surface area contributed by atoms with Crippen molar-refractivity contribution in [3.8, 4) is 5.75 Å². The van der Waals surface area contributed by atoms with Crippen LogP contribution in [-0.2, 0) is 9.53 Å². The Morgan fingerprint density at radius 3 is 2.48 bits per heavy atom. The van der Waals surface area contributed by atoms with Crippen LogP contribution in [0.5, 0.6) is 5.75 Å². The van der Waals surface area contributed by atoms with Gasteiger partial charge in [-0.25, -0.2) is 9.80 Å². The summed E-state index contributed by atoms with van der Waals surface area (Å²) in [6.07, 6.45) is 4.93. The van der Waals surface area contributed by atoms with E-state index in [1.54, 1.807) is 25.4 Å². The molecule has 3 aromatic rings. The molecule has 31 heavy (non-hydrogen) atoms. The van der Waals surface area contributed by atoms with Crippen molar-refractivity contribution in [1.82, 2.24) is 15.4 Å². The molecule has 1 amide bonds. The lowest BCUT2D eigenvalue weighted by Gasteiger charge is -2.25. The maximum Gasteiger partial charge on any atom is 0.340 e. The number of hydrogen-bond acceptors (Lipinski definition) is 6. The fourth-order valence-corrected chi connectivity index (χ4v) is 3.27. The van der Waals surface area contributed by atoms with Gasteiger partial charge in [-0.2, -0.15) is 0 Å². The summed E-state index contributed by atoms with van der Waals surface area (Å²) in [4.78, 5) is 29.1. The first-order valence-corrected chi connectivity index (χ1v) is 9.73. The molecule has 4 rings (SSSR count). The summed E-state index contributed by atoms with van der Waals surface area (Å²) in [5.41, 5.74) is 6.09. The normalized spacial score (nSPS) is 15.1. The van der Waals surface area contributed by atoms with E-state index in [2.05, 4.69) is 10.4 Å². The van der Waals surface area contributed by atoms with Crippen LogP contribution in [0.2, 0.25) is 0 Å². The number of hydrogen-bond donors (Lipinski definition) is 1. The third kappa shape index (κ3) is 4.56. The van der Waals surface area contributed by atoms with Crippen LogP contribution in [0.4, 0.5) is 0 Å². The standard InChI is InChI=1S/C24H21N3O4/c1-30-20-11-9-18(10-12-20)22-14-21(17-6-3-2-4-7-17)26-27(22)23(28)16-31-24(29)19-8-5-13-25-15-19/h2-15,22,26H,16H2,1H3/t22-/m0/s1. The number of hydrazine groups is 1. The Bertz CT molecular complexity index is 1080. The maximum absolute atomic E-state index is 13.0. The molecule has 7 heteroatoms. The van der Waals surface area contributed by atoms with E-state index in [1.807, 2.05) is 60.7 Å². The van der Waals surface area contributed by atoms with Crippen LogP contribution >= 0.6 is 0 Å². The lowest BCUT2D eigenvalue weighted by atomic mass is 10.0. The zero-order valence-electron chi connectivity index (χ0n) is 16.9. The van der Waals surface area contributed by atoms with Gasteiger partial charge in [0.15, 0.2) is 6.61 Å². The van der Waals surface area contributed by atoms with E-state index in [4.69, 9.17) is 9.47 Å². The summed E-state index contributed by atoms with van der Waals surface area (Å²) in [5.74, 6) is -0.247. The van der Waals surface area contributed by atoms with Crippen molar-refractivity contribution in [3.05, 3.63) is 102 Å². The molecule has 0 fully saturated rings. The molecule has 1 aliphatic heterocycles. The highest BCUT2D eigenvalue weighted by Gasteiger charge is 2.31. The first kappa shape index (κ1) is 20.2. The minimum absolute atomic E-state index is 0.291. The Morgan fingerprint density at radius 1 is 1.03 bits per heavy atom. The number of nitrogens with one attached hydrogen (secondary N) is 1. The van der Waals surface area contributed by atoms with E-state index in [-0.39, 0.29) is 11.9 Å². The van der Waals surface area contributed by atoms with Gasteiger partial charge in [0.2, 0.25) is 0 Å². The van der Waals surface area contributed by atoms with Crippen LogP contribution in [-0.4, -0.2) is 35.6 Å². The second-order valence-corrected chi connectivity index (χ2v) is 6.86. The Labute approximate surface area is 179 Å². The predicted molar refractivity (Wildman–Crippen MR) is 115 cm³/mol. The van der Waals surface area contributed by atoms with Crippen molar-refractivity contribution in [1.29, 1.82) is 0 Å². The first-order chi connectivity index (χ1) is 15.2. The van der Waals surface area contributed by atoms with Crippen LogP contribution in [0, 0.1) is 0 Å². The summed E-state index contributed by atoms with van der Waals surface area (Å²) < 4.78 is 10.4. The van der Waals surface area contributed by atoms with Crippen molar-refractivity contribution in [2.75, 3.05) is 13.7 Å². The predicted octanol–water partition coefficient (Wildman–Crippen LogP) is 3.38. The maximum atomic E-state index is 13.0. The molecule has 0 unspecified atom stereocenters. The van der Waals surface area contributed by atoms with Gasteiger partial charge in [0.1, 0.15) is 5.75 Å². The summed E-state index contributed by atoms with van der Waals surface area (Å²) in [7, 11) is 1.60. The Kier molecular flexibility index (Phi) is 5.93. The molecule has 0 spiro atoms. The summed E-state index contributed by atoms with van der Waals surface area (Å²) >= 11 is 0. The number of carbonyl (C=O) groups excluding carboxylic acids is 2. The largest absolute Gasteiger partial charge is 0.497 e. The lowest BCUT2D eigenvalue weighted by Crippen LogP contribution is -2.42. The van der Waals surface area contributed by atoms with E-state index in [0.717, 1.165) is 22.6 Å². The summed E-state index contributed by atoms with van der Waals surface area (Å²) in [5, 5.41) is 1.47. The molecule has 156 valence electrons. The second-order valence-electron chi connectivity index (χ2n) is 6.86. The molecular weight excluding hydrogens is 394 g/mol. The van der Waals surface area contributed by atoms with Crippen LogP contribution in [0.15, 0.2) is 85.2 Å². The molecule has 7 nitrogen and oxygen atoms in total. The third-order valence-corrected chi connectivity index (χ3v) is 4.88. The number of pyridine rings is 1. The molecule has 0 saturated heterocycles. The van der Waals surface area contributed by atoms with Crippen LogP contribution < -0.4 is 10.2 Å². The molecule has 1 aromatic heterocycles. The van der Waals surface area contributed by atoms with Gasteiger partial charge in [0, 0.05) is 12.4 Å². The zero-order valence-corrected chi connectivity index (χ0v) is 16.9. The molecule has 1 atom stereocenters. The number of methoxy groups -OCH3 is 1. The van der Waals surface area contributed by atoms with E-state index >= 15 is 0 Å². The minimum Gasteiger partial charge on any atom is -0.497 e. The number of nitrogens with zero attached hydrogens (tertiary/aromatic N) is 2. The zero-order chi connectivity index (χ0) is 21.6. The van der Waals surface area contributed by atoms with Crippen molar-refractivity contribution in [2.24, 2.45) is 0 Å². The Morgan fingerprint density at radius 2 is 1.81 bits per heavy atom. The number of carbonyl (C=O) groups is 2. The fourth-order valence-electron chi connectivity index (χ4n) is 3.27. The van der Waals surface area contributed by atoms with Crippen molar-refractivity contribution < 1.29 is 19.1 Å². The Hall–Kier alpha value is -4.13.